The number of piperidine rings is 1. The lowest BCUT2D eigenvalue weighted by Gasteiger charge is -2.34. The Morgan fingerprint density at radius 2 is 1.93 bits per heavy atom. The fourth-order valence-electron chi connectivity index (χ4n) is 5.74. The second-order valence-electron chi connectivity index (χ2n) is 10.7. The summed E-state index contributed by atoms with van der Waals surface area (Å²) in [6, 6.07) is 17.1. The number of nitrogens with one attached hydrogen (secondary N) is 1. The van der Waals surface area contributed by atoms with E-state index < -0.39 is 17.6 Å². The average molecular weight is 607 g/mol. The van der Waals surface area contributed by atoms with E-state index in [0.717, 1.165) is 45.5 Å². The first-order chi connectivity index (χ1) is 21.4. The second-order valence-corrected chi connectivity index (χ2v) is 11.8. The molecule has 220 valence electrons. The van der Waals surface area contributed by atoms with Crippen LogP contribution in [0.15, 0.2) is 73.1 Å². The van der Waals surface area contributed by atoms with Crippen LogP contribution >= 0.6 is 11.3 Å². The van der Waals surface area contributed by atoms with Crippen LogP contribution in [-0.2, 0) is 0 Å². The quantitative estimate of drug-likeness (QED) is 0.272. The van der Waals surface area contributed by atoms with Crippen molar-refractivity contribution < 1.29 is 14.0 Å². The van der Waals surface area contributed by atoms with E-state index in [1.165, 1.54) is 16.8 Å². The highest BCUT2D eigenvalue weighted by molar-refractivity contribution is 7.22. The lowest BCUT2D eigenvalue weighted by atomic mass is 10.0. The van der Waals surface area contributed by atoms with Gasteiger partial charge >= 0.3 is 0 Å². The van der Waals surface area contributed by atoms with Gasteiger partial charge in [0.25, 0.3) is 5.91 Å². The first kappa shape index (κ1) is 27.7. The predicted molar refractivity (Wildman–Crippen MR) is 168 cm³/mol. The van der Waals surface area contributed by atoms with Crippen molar-refractivity contribution in [2.24, 2.45) is 5.73 Å². The number of carbonyl (C=O) groups is 2. The van der Waals surface area contributed by atoms with Gasteiger partial charge in [0.05, 0.1) is 17.3 Å². The molecule has 44 heavy (non-hydrogen) atoms. The molecule has 6 aromatic rings. The van der Waals surface area contributed by atoms with Crippen LogP contribution in [0.5, 0.6) is 0 Å². The Hall–Kier alpha value is -5.07. The topological polar surface area (TPSA) is 132 Å². The van der Waals surface area contributed by atoms with Crippen molar-refractivity contribution >= 4 is 50.2 Å². The molecule has 0 aliphatic carbocycles. The maximum absolute atomic E-state index is 15.8. The van der Waals surface area contributed by atoms with Gasteiger partial charge in [-0.15, -0.1) is 16.4 Å². The van der Waals surface area contributed by atoms with Crippen LogP contribution in [0, 0.1) is 12.7 Å². The molecule has 3 N–H and O–H groups in total. The molecule has 0 bridgehead atoms. The minimum atomic E-state index is -0.677. The number of aromatic nitrogens is 5. The molecule has 5 heterocycles. The monoisotopic (exact) mass is 606 g/mol. The Balaban J connectivity index is 1.29. The number of nitrogens with zero attached hydrogens (tertiary/aromatic N) is 6. The van der Waals surface area contributed by atoms with Gasteiger partial charge in [0, 0.05) is 45.5 Å². The van der Waals surface area contributed by atoms with Crippen LogP contribution in [0.3, 0.4) is 0 Å². The van der Waals surface area contributed by atoms with Crippen molar-refractivity contribution in [2.75, 3.05) is 18.0 Å². The third kappa shape index (κ3) is 4.87. The molecule has 2 amide bonds. The van der Waals surface area contributed by atoms with Gasteiger partial charge in [-0.05, 0) is 86.0 Å². The van der Waals surface area contributed by atoms with Crippen LogP contribution in [0.2, 0.25) is 0 Å². The standard InChI is InChI=1S/C32H27FN8O2S/c1-18-14-19(6-8-22(18)29(34)42)28-16-24-27(44-28)10-13-37-30(24)40(21-4-2-11-35-17-21)32(43)23-9-7-20(15-25(23)33)41-31-26(38-39-41)5-3-12-36-31/h3,5-10,12-16,21,35H,2,4,11,17H2,1H3,(H2,34,42)/t21-/m1/s1. The van der Waals surface area contributed by atoms with Crippen LogP contribution in [0.25, 0.3) is 37.4 Å². The number of anilines is 1. The first-order valence-electron chi connectivity index (χ1n) is 14.2. The van der Waals surface area contributed by atoms with E-state index >= 15 is 4.39 Å². The predicted octanol–water partition coefficient (Wildman–Crippen LogP) is 5.04. The van der Waals surface area contributed by atoms with Crippen molar-refractivity contribution in [2.45, 2.75) is 25.8 Å². The van der Waals surface area contributed by atoms with Crippen molar-refractivity contribution in [3.63, 3.8) is 0 Å². The van der Waals surface area contributed by atoms with Gasteiger partial charge in [0.2, 0.25) is 5.91 Å². The molecule has 1 saturated heterocycles. The molecule has 0 spiro atoms. The molecule has 0 unspecified atom stereocenters. The van der Waals surface area contributed by atoms with Crippen molar-refractivity contribution in [1.82, 2.24) is 30.3 Å². The summed E-state index contributed by atoms with van der Waals surface area (Å²) in [7, 11) is 0. The maximum atomic E-state index is 15.8. The minimum absolute atomic E-state index is 0.0661. The molecular formula is C32H27FN8O2S. The number of aryl methyl sites for hydroxylation is 1. The molecule has 1 atom stereocenters. The van der Waals surface area contributed by atoms with Gasteiger partial charge in [0.1, 0.15) is 17.2 Å². The number of hydrogen-bond acceptors (Lipinski definition) is 8. The Kier molecular flexibility index (Phi) is 7.07. The fraction of sp³-hybridized carbons (Fsp3) is 0.188. The number of halogens is 1. The van der Waals surface area contributed by atoms with E-state index in [4.69, 9.17) is 5.73 Å². The number of primary amides is 1. The van der Waals surface area contributed by atoms with Gasteiger partial charge in [-0.1, -0.05) is 11.3 Å². The first-order valence-corrected chi connectivity index (χ1v) is 15.0. The SMILES string of the molecule is Cc1cc(-c2cc3c(N(C(=O)c4ccc(-n5nnc6cccnc65)cc4F)[C@@H]4CCCNC4)nccc3s2)ccc1C(N)=O. The van der Waals surface area contributed by atoms with Gasteiger partial charge in [-0.25, -0.2) is 14.4 Å². The zero-order chi connectivity index (χ0) is 30.4. The third-order valence-corrected chi connectivity index (χ3v) is 9.07. The summed E-state index contributed by atoms with van der Waals surface area (Å²) in [4.78, 5) is 37.6. The minimum Gasteiger partial charge on any atom is -0.366 e. The lowest BCUT2D eigenvalue weighted by molar-refractivity contribution is 0.0966. The Morgan fingerprint density at radius 1 is 1.07 bits per heavy atom. The van der Waals surface area contributed by atoms with E-state index in [0.29, 0.717) is 34.8 Å². The van der Waals surface area contributed by atoms with E-state index in [2.05, 4.69) is 25.6 Å². The van der Waals surface area contributed by atoms with Crippen molar-refractivity contribution in [3.8, 4) is 16.1 Å². The van der Waals surface area contributed by atoms with E-state index in [1.807, 2.05) is 31.2 Å². The summed E-state index contributed by atoms with van der Waals surface area (Å²) in [5.74, 6) is -1.15. The maximum Gasteiger partial charge on any atom is 0.262 e. The molecule has 4 aromatic heterocycles. The molecule has 1 aliphatic rings. The molecule has 2 aromatic carbocycles. The average Bonchev–Trinajstić information content (AvgIpc) is 3.67. The third-order valence-electron chi connectivity index (χ3n) is 7.92. The number of amides is 2. The summed E-state index contributed by atoms with van der Waals surface area (Å²) >= 11 is 1.56. The number of thiophene rings is 1. The van der Waals surface area contributed by atoms with Gasteiger partial charge in [-0.3, -0.25) is 14.5 Å². The molecule has 0 radical (unpaired) electrons. The van der Waals surface area contributed by atoms with Crippen LogP contribution in [0.4, 0.5) is 10.2 Å². The Bertz CT molecular complexity index is 2070. The molecule has 10 nitrogen and oxygen atoms in total. The summed E-state index contributed by atoms with van der Waals surface area (Å²) < 4.78 is 18.2. The second kappa shape index (κ2) is 11.2. The van der Waals surface area contributed by atoms with Crippen molar-refractivity contribution in [1.29, 1.82) is 0 Å². The highest BCUT2D eigenvalue weighted by Gasteiger charge is 2.32. The molecule has 1 aliphatic heterocycles. The lowest BCUT2D eigenvalue weighted by Crippen LogP contribution is -2.49. The van der Waals surface area contributed by atoms with Crippen molar-refractivity contribution in [3.05, 3.63) is 95.6 Å². The fourth-order valence-corrected chi connectivity index (χ4v) is 6.79. The van der Waals surface area contributed by atoms with E-state index in [-0.39, 0.29) is 11.6 Å². The number of pyridine rings is 2. The summed E-state index contributed by atoms with van der Waals surface area (Å²) in [6.45, 7) is 3.26. The molecule has 7 rings (SSSR count). The van der Waals surface area contributed by atoms with Crippen LogP contribution in [-0.4, -0.2) is 55.9 Å². The number of nitrogens with two attached hydrogens (primary N) is 1. The van der Waals surface area contributed by atoms with Crippen LogP contribution < -0.4 is 16.0 Å². The molecule has 1 fully saturated rings. The van der Waals surface area contributed by atoms with Gasteiger partial charge in [-0.2, -0.15) is 4.68 Å². The smallest absolute Gasteiger partial charge is 0.262 e. The highest BCUT2D eigenvalue weighted by atomic mass is 32.1. The number of benzene rings is 2. The zero-order valence-corrected chi connectivity index (χ0v) is 24.5. The summed E-state index contributed by atoms with van der Waals surface area (Å²) in [5, 5.41) is 12.4. The Morgan fingerprint density at radius 3 is 2.70 bits per heavy atom. The number of carbonyl (C=O) groups excluding carboxylic acids is 2. The summed E-state index contributed by atoms with van der Waals surface area (Å²) in [5.41, 5.74) is 9.10. The molecule has 0 saturated carbocycles. The van der Waals surface area contributed by atoms with E-state index in [1.54, 1.807) is 52.9 Å². The number of hydrogen-bond donors (Lipinski definition) is 2. The van der Waals surface area contributed by atoms with Crippen LogP contribution in [0.1, 0.15) is 39.1 Å². The Labute approximate surface area is 255 Å². The van der Waals surface area contributed by atoms with Gasteiger partial charge in [0.15, 0.2) is 5.65 Å². The number of fused-ring (bicyclic) bond motifs is 2. The normalized spacial score (nSPS) is 15.1. The summed E-state index contributed by atoms with van der Waals surface area (Å²) in [6.07, 6.45) is 4.92. The molecular weight excluding hydrogens is 579 g/mol. The van der Waals surface area contributed by atoms with Gasteiger partial charge < -0.3 is 11.1 Å². The molecule has 12 heteroatoms. The van der Waals surface area contributed by atoms with E-state index in [9.17, 15) is 9.59 Å². The number of rotatable bonds is 6. The largest absolute Gasteiger partial charge is 0.366 e. The highest BCUT2D eigenvalue weighted by Crippen LogP contribution is 2.39. The zero-order valence-electron chi connectivity index (χ0n) is 23.7.